The van der Waals surface area contributed by atoms with Crippen LogP contribution in [0, 0.1) is 0 Å². The number of nitrogens with one attached hydrogen (secondary N) is 1. The molecule has 0 saturated carbocycles. The summed E-state index contributed by atoms with van der Waals surface area (Å²) < 4.78 is 22.3. The third-order valence-electron chi connectivity index (χ3n) is 1.27. The highest BCUT2D eigenvalue weighted by Crippen LogP contribution is 2.09. The standard InChI is InChI=1S/C8H7N/c1-2-4-8-7(3-1)5-6-9-8/h1-6,9H/i5D,6D/hD. The average Bonchev–Trinajstić information content (AvgIpc) is 2.33. The first kappa shape index (κ1) is 2.56. The Balaban J connectivity index is 2.99. The van der Waals surface area contributed by atoms with E-state index >= 15 is 0 Å². The largest absolute Gasteiger partial charge is 0.361 e. The summed E-state index contributed by atoms with van der Waals surface area (Å²) in [7, 11) is 0. The number of aromatic amines is 1. The van der Waals surface area contributed by atoms with Crippen molar-refractivity contribution in [2.45, 2.75) is 0 Å². The van der Waals surface area contributed by atoms with Crippen LogP contribution in [-0.4, -0.2) is 4.98 Å². The molecule has 0 radical (unpaired) electrons. The second-order valence-corrected chi connectivity index (χ2v) is 1.87. The summed E-state index contributed by atoms with van der Waals surface area (Å²) in [4.78, 5) is 0.970. The zero-order chi connectivity index (χ0) is 8.72. The predicted octanol–water partition coefficient (Wildman–Crippen LogP) is 2.17. The number of hydrogen-bond donors (Lipinski definition) is 1. The number of rotatable bonds is 0. The van der Waals surface area contributed by atoms with Gasteiger partial charge < -0.3 is 4.98 Å². The van der Waals surface area contributed by atoms with Crippen LogP contribution in [0.1, 0.15) is 2.74 Å². The van der Waals surface area contributed by atoms with Crippen molar-refractivity contribution in [2.75, 3.05) is 0 Å². The van der Waals surface area contributed by atoms with Gasteiger partial charge in [0.2, 0.25) is 0 Å². The van der Waals surface area contributed by atoms with Gasteiger partial charge in [0, 0.05) is 11.7 Å². The van der Waals surface area contributed by atoms with Crippen LogP contribution in [0.15, 0.2) is 36.5 Å². The van der Waals surface area contributed by atoms with E-state index in [0.29, 0.717) is 10.9 Å². The highest BCUT2D eigenvalue weighted by Gasteiger charge is 1.86. The molecule has 0 spiro atoms. The summed E-state index contributed by atoms with van der Waals surface area (Å²) in [5, 5.41) is 0.664. The minimum atomic E-state index is -0.0591. The Kier molecular flexibility index (Phi) is 0.462. The lowest BCUT2D eigenvalue weighted by Crippen LogP contribution is -1.61. The van der Waals surface area contributed by atoms with E-state index in [9.17, 15) is 0 Å². The molecule has 1 heterocycles. The molecule has 1 nitrogen and oxygen atoms in total. The Morgan fingerprint density at radius 2 is 2.33 bits per heavy atom. The van der Waals surface area contributed by atoms with E-state index in [2.05, 4.69) is 0 Å². The van der Waals surface area contributed by atoms with E-state index in [-0.39, 0.29) is 12.2 Å². The Labute approximate surface area is 57.6 Å². The lowest BCUT2D eigenvalue weighted by molar-refractivity contribution is 1.48. The molecule has 0 saturated heterocycles. The molecule has 0 unspecified atom stereocenters. The number of benzene rings is 1. The monoisotopic (exact) mass is 120 g/mol. The molecule has 0 bridgehead atoms. The van der Waals surface area contributed by atoms with Gasteiger partial charge in [-0.3, -0.25) is 0 Å². The first-order chi connectivity index (χ1) is 5.72. The second kappa shape index (κ2) is 1.62. The molecule has 2 rings (SSSR count). The maximum absolute atomic E-state index is 7.48. The molecule has 44 valence electrons. The zero-order valence-corrected chi connectivity index (χ0v) is 4.76. The van der Waals surface area contributed by atoms with Crippen LogP contribution in [0.5, 0.6) is 0 Å². The number of fused-ring (bicyclic) bond motifs is 1. The second-order valence-electron chi connectivity index (χ2n) is 1.87. The third-order valence-corrected chi connectivity index (χ3v) is 1.27. The summed E-state index contributed by atoms with van der Waals surface area (Å²) in [5.74, 6) is 0. The van der Waals surface area contributed by atoms with Crippen LogP contribution in [-0.2, 0) is 0 Å². The van der Waals surface area contributed by atoms with E-state index in [1.54, 1.807) is 24.3 Å². The quantitative estimate of drug-likeness (QED) is 0.548. The lowest BCUT2D eigenvalue weighted by atomic mass is 10.3. The van der Waals surface area contributed by atoms with Crippen LogP contribution < -0.4 is 0 Å². The minimum Gasteiger partial charge on any atom is -0.361 e. The summed E-state index contributed by atoms with van der Waals surface area (Å²) in [6.45, 7) is 0. The highest BCUT2D eigenvalue weighted by atomic mass is 14.6. The molecule has 0 atom stereocenters. The van der Waals surface area contributed by atoms with Gasteiger partial charge in [-0.25, -0.2) is 0 Å². The predicted molar refractivity (Wildman–Crippen MR) is 38.3 cm³/mol. The molecular weight excluding hydrogens is 110 g/mol. The van der Waals surface area contributed by atoms with Crippen LogP contribution in [0.3, 0.4) is 0 Å². The van der Waals surface area contributed by atoms with Gasteiger partial charge in [-0.15, -0.1) is 0 Å². The molecule has 1 N–H and O–H groups in total. The summed E-state index contributed by atoms with van der Waals surface area (Å²) in [6, 6.07) is 7.21. The summed E-state index contributed by atoms with van der Waals surface area (Å²) in [6.07, 6.45) is -0.0591. The van der Waals surface area contributed by atoms with Crippen molar-refractivity contribution in [3.63, 3.8) is 0 Å². The van der Waals surface area contributed by atoms with Gasteiger partial charge in [0.15, 0.2) is 1.41 Å². The normalized spacial score (nSPS) is 14.9. The fourth-order valence-corrected chi connectivity index (χ4v) is 0.825. The maximum Gasteiger partial charge on any atom is 0.166 e. The van der Waals surface area contributed by atoms with E-state index in [4.69, 9.17) is 4.15 Å². The Hall–Kier alpha value is -1.24. The van der Waals surface area contributed by atoms with E-state index in [1.807, 2.05) is 0 Å². The third kappa shape index (κ3) is 0.617. The molecule has 0 aliphatic heterocycles. The molecule has 9 heavy (non-hydrogen) atoms. The Bertz CT molecular complexity index is 394. The molecule has 1 aromatic heterocycles. The van der Waals surface area contributed by atoms with Gasteiger partial charge in [0.1, 0.15) is 0 Å². The molecule has 0 amide bonds. The lowest BCUT2D eigenvalue weighted by Gasteiger charge is -1.83. The van der Waals surface area contributed by atoms with Crippen molar-refractivity contribution in [1.82, 2.24) is 4.98 Å². The zero-order valence-electron chi connectivity index (χ0n) is 7.76. The van der Waals surface area contributed by atoms with E-state index in [0.717, 1.165) is 4.98 Å². The van der Waals surface area contributed by atoms with Crippen LogP contribution in [0.2, 0.25) is 1.41 Å². The van der Waals surface area contributed by atoms with Crippen molar-refractivity contribution in [1.29, 1.82) is 0 Å². The minimum absolute atomic E-state index is 0.0591. The van der Waals surface area contributed by atoms with E-state index < -0.39 is 0 Å². The average molecular weight is 120 g/mol. The number of hydrogen-bond acceptors (Lipinski definition) is 0. The number of aromatic nitrogens is 1. The SMILES string of the molecule is [2H]c1c([2H])n([2H])c2ccccc12. The molecule has 1 heteroatoms. The molecule has 0 fully saturated rings. The van der Waals surface area contributed by atoms with E-state index in [1.165, 1.54) is 0 Å². The van der Waals surface area contributed by atoms with Crippen LogP contribution in [0.4, 0.5) is 0 Å². The number of para-hydroxylation sites is 1. The maximum atomic E-state index is 7.48. The van der Waals surface area contributed by atoms with Crippen LogP contribution in [0.25, 0.3) is 10.9 Å². The van der Waals surface area contributed by atoms with Gasteiger partial charge in [-0.1, -0.05) is 18.2 Å². The Morgan fingerprint density at radius 1 is 1.44 bits per heavy atom. The van der Waals surface area contributed by atoms with Gasteiger partial charge in [-0.2, -0.15) is 0 Å². The van der Waals surface area contributed by atoms with Crippen LogP contribution >= 0.6 is 0 Å². The van der Waals surface area contributed by atoms with Crippen molar-refractivity contribution < 1.29 is 4.15 Å². The molecule has 2 aromatic rings. The first-order valence-electron chi connectivity index (χ1n) is 4.22. The fraction of sp³-hybridized carbons (Fsp3) is 0. The summed E-state index contributed by atoms with van der Waals surface area (Å²) in [5.41, 5.74) is 0.618. The van der Waals surface area contributed by atoms with Gasteiger partial charge in [-0.05, 0) is 17.5 Å². The first-order valence-corrected chi connectivity index (χ1v) is 2.77. The Morgan fingerprint density at radius 3 is 3.22 bits per heavy atom. The topological polar surface area (TPSA) is 15.8 Å². The van der Waals surface area contributed by atoms with Gasteiger partial charge >= 0.3 is 0 Å². The van der Waals surface area contributed by atoms with Crippen molar-refractivity contribution in [3.8, 4) is 0 Å². The fourth-order valence-electron chi connectivity index (χ4n) is 0.825. The van der Waals surface area contributed by atoms with Crippen molar-refractivity contribution in [3.05, 3.63) is 36.5 Å². The summed E-state index contributed by atoms with van der Waals surface area (Å²) >= 11 is 0. The molecule has 1 aromatic carbocycles. The number of H-pyrrole nitrogens is 1. The molecule has 0 aliphatic carbocycles. The smallest absolute Gasteiger partial charge is 0.166 e. The van der Waals surface area contributed by atoms with Gasteiger partial charge in [0.05, 0.1) is 2.74 Å². The van der Waals surface area contributed by atoms with Gasteiger partial charge in [0.25, 0.3) is 0 Å². The highest BCUT2D eigenvalue weighted by molar-refractivity contribution is 5.78. The molecular formula is C8H7N. The van der Waals surface area contributed by atoms with Crippen molar-refractivity contribution in [2.24, 2.45) is 0 Å². The molecule has 0 aliphatic rings. The van der Waals surface area contributed by atoms with Crippen molar-refractivity contribution >= 4 is 10.9 Å².